The maximum absolute atomic E-state index is 11.5. The maximum Gasteiger partial charge on any atom is 0.225 e. The van der Waals surface area contributed by atoms with Crippen molar-refractivity contribution in [3.05, 3.63) is 28.8 Å². The number of nitrogens with one attached hydrogen (secondary N) is 1. The van der Waals surface area contributed by atoms with Crippen molar-refractivity contribution in [1.29, 1.82) is 0 Å². The predicted octanol–water partition coefficient (Wildman–Crippen LogP) is 2.11. The van der Waals surface area contributed by atoms with E-state index in [4.69, 9.17) is 17.3 Å². The van der Waals surface area contributed by atoms with Gasteiger partial charge in [0, 0.05) is 6.42 Å². The third-order valence-corrected chi connectivity index (χ3v) is 3.01. The van der Waals surface area contributed by atoms with E-state index in [1.807, 2.05) is 12.1 Å². The van der Waals surface area contributed by atoms with Crippen LogP contribution in [0.1, 0.15) is 24.3 Å². The van der Waals surface area contributed by atoms with E-state index in [-0.39, 0.29) is 11.8 Å². The molecule has 1 aromatic carbocycles. The number of para-hydroxylation sites is 1. The third kappa shape index (κ3) is 1.98. The molecule has 0 bridgehead atoms. The van der Waals surface area contributed by atoms with Crippen LogP contribution in [0.4, 0.5) is 5.69 Å². The zero-order valence-corrected chi connectivity index (χ0v) is 9.05. The number of nitrogens with two attached hydrogens (primary N) is 1. The lowest BCUT2D eigenvalue weighted by molar-refractivity contribution is -0.116. The minimum Gasteiger partial charge on any atom is -0.330 e. The summed E-state index contributed by atoms with van der Waals surface area (Å²) in [7, 11) is 0. The molecule has 80 valence electrons. The van der Waals surface area contributed by atoms with Crippen molar-refractivity contribution < 1.29 is 4.79 Å². The van der Waals surface area contributed by atoms with Crippen LogP contribution in [-0.4, -0.2) is 12.5 Å². The van der Waals surface area contributed by atoms with Gasteiger partial charge in [-0.2, -0.15) is 0 Å². The van der Waals surface area contributed by atoms with Crippen LogP contribution in [0.5, 0.6) is 0 Å². The van der Waals surface area contributed by atoms with Gasteiger partial charge in [-0.05, 0) is 30.5 Å². The van der Waals surface area contributed by atoms with Crippen LogP contribution in [0, 0.1) is 0 Å². The second-order valence-corrected chi connectivity index (χ2v) is 4.14. The lowest BCUT2D eigenvalue weighted by Gasteiger charge is -2.25. The van der Waals surface area contributed by atoms with Crippen molar-refractivity contribution in [1.82, 2.24) is 0 Å². The van der Waals surface area contributed by atoms with Crippen LogP contribution >= 0.6 is 11.6 Å². The minimum absolute atomic E-state index is 0.0223. The molecule has 1 heterocycles. The van der Waals surface area contributed by atoms with Gasteiger partial charge >= 0.3 is 0 Å². The molecular formula is C11H13ClN2O. The second-order valence-electron chi connectivity index (χ2n) is 3.73. The monoisotopic (exact) mass is 224 g/mol. The Morgan fingerprint density at radius 1 is 1.53 bits per heavy atom. The molecule has 1 unspecified atom stereocenters. The van der Waals surface area contributed by atoms with Gasteiger partial charge in [0.25, 0.3) is 0 Å². The Bertz CT molecular complexity index is 392. The summed E-state index contributed by atoms with van der Waals surface area (Å²) in [6, 6.07) is 5.69. The van der Waals surface area contributed by atoms with E-state index in [1.165, 1.54) is 0 Å². The Morgan fingerprint density at radius 2 is 2.33 bits per heavy atom. The molecule has 1 aliphatic rings. The first-order valence-electron chi connectivity index (χ1n) is 5.00. The Morgan fingerprint density at radius 3 is 3.07 bits per heavy atom. The standard InChI is InChI=1S/C11H13ClN2O/c12-9-3-1-2-8-7(4-5-13)6-10(15)14-11(8)9/h1-3,7H,4-6,13H2,(H,14,15). The molecule has 15 heavy (non-hydrogen) atoms. The topological polar surface area (TPSA) is 55.1 Å². The van der Waals surface area contributed by atoms with E-state index in [1.54, 1.807) is 6.07 Å². The number of hydrogen-bond acceptors (Lipinski definition) is 2. The number of amides is 1. The fraction of sp³-hybridized carbons (Fsp3) is 0.364. The summed E-state index contributed by atoms with van der Waals surface area (Å²) in [5.74, 6) is 0.228. The minimum atomic E-state index is 0.0223. The molecule has 0 aliphatic carbocycles. The van der Waals surface area contributed by atoms with E-state index in [0.717, 1.165) is 17.7 Å². The summed E-state index contributed by atoms with van der Waals surface area (Å²) in [6.45, 7) is 0.587. The fourth-order valence-electron chi connectivity index (χ4n) is 2.00. The summed E-state index contributed by atoms with van der Waals surface area (Å²) >= 11 is 6.03. The summed E-state index contributed by atoms with van der Waals surface area (Å²) in [5, 5.41) is 3.40. The number of halogens is 1. The van der Waals surface area contributed by atoms with E-state index < -0.39 is 0 Å². The molecule has 0 saturated carbocycles. The molecule has 1 atom stereocenters. The SMILES string of the molecule is NCCC1CC(=O)Nc2c(Cl)cccc21. The lowest BCUT2D eigenvalue weighted by Crippen LogP contribution is -2.24. The molecule has 2 rings (SSSR count). The van der Waals surface area contributed by atoms with Gasteiger partial charge in [-0.25, -0.2) is 0 Å². The Balaban J connectivity index is 2.41. The van der Waals surface area contributed by atoms with Crippen molar-refractivity contribution in [2.24, 2.45) is 5.73 Å². The maximum atomic E-state index is 11.5. The van der Waals surface area contributed by atoms with Gasteiger partial charge in [0.2, 0.25) is 5.91 Å². The van der Waals surface area contributed by atoms with Crippen LogP contribution < -0.4 is 11.1 Å². The molecule has 3 nitrogen and oxygen atoms in total. The van der Waals surface area contributed by atoms with Gasteiger partial charge in [0.15, 0.2) is 0 Å². The van der Waals surface area contributed by atoms with Gasteiger partial charge in [-0.3, -0.25) is 4.79 Å². The number of anilines is 1. The fourth-order valence-corrected chi connectivity index (χ4v) is 2.22. The zero-order valence-electron chi connectivity index (χ0n) is 8.29. The molecular weight excluding hydrogens is 212 g/mol. The van der Waals surface area contributed by atoms with Gasteiger partial charge in [0.05, 0.1) is 10.7 Å². The third-order valence-electron chi connectivity index (χ3n) is 2.70. The van der Waals surface area contributed by atoms with Gasteiger partial charge in [-0.15, -0.1) is 0 Å². The van der Waals surface area contributed by atoms with Crippen molar-refractivity contribution in [3.63, 3.8) is 0 Å². The quantitative estimate of drug-likeness (QED) is 0.809. The highest BCUT2D eigenvalue weighted by molar-refractivity contribution is 6.34. The Kier molecular flexibility index (Phi) is 2.93. The van der Waals surface area contributed by atoms with Crippen LogP contribution in [-0.2, 0) is 4.79 Å². The smallest absolute Gasteiger partial charge is 0.225 e. The van der Waals surface area contributed by atoms with E-state index in [2.05, 4.69) is 5.32 Å². The summed E-state index contributed by atoms with van der Waals surface area (Å²) < 4.78 is 0. The highest BCUT2D eigenvalue weighted by atomic mass is 35.5. The first-order chi connectivity index (χ1) is 7.22. The number of hydrogen-bond donors (Lipinski definition) is 2. The van der Waals surface area contributed by atoms with Crippen LogP contribution in [0.2, 0.25) is 5.02 Å². The zero-order chi connectivity index (χ0) is 10.8. The van der Waals surface area contributed by atoms with Crippen LogP contribution in [0.3, 0.4) is 0 Å². The molecule has 0 fully saturated rings. The Labute approximate surface area is 93.6 Å². The molecule has 1 aromatic rings. The number of carbonyl (C=O) groups excluding carboxylic acids is 1. The number of carbonyl (C=O) groups is 1. The predicted molar refractivity (Wildman–Crippen MR) is 61.1 cm³/mol. The normalized spacial score (nSPS) is 19.6. The molecule has 1 aliphatic heterocycles. The molecule has 0 spiro atoms. The molecule has 4 heteroatoms. The van der Waals surface area contributed by atoms with Crippen LogP contribution in [0.25, 0.3) is 0 Å². The summed E-state index contributed by atoms with van der Waals surface area (Å²) in [6.07, 6.45) is 1.32. The first-order valence-corrected chi connectivity index (χ1v) is 5.38. The van der Waals surface area contributed by atoms with E-state index in [9.17, 15) is 4.79 Å². The summed E-state index contributed by atoms with van der Waals surface area (Å²) in [4.78, 5) is 11.5. The van der Waals surface area contributed by atoms with Gasteiger partial charge < -0.3 is 11.1 Å². The molecule has 0 radical (unpaired) electrons. The number of benzene rings is 1. The van der Waals surface area contributed by atoms with Crippen molar-refractivity contribution in [3.8, 4) is 0 Å². The number of rotatable bonds is 2. The summed E-state index contributed by atoms with van der Waals surface area (Å²) in [5.41, 5.74) is 7.40. The Hall–Kier alpha value is -1.06. The van der Waals surface area contributed by atoms with Gasteiger partial charge in [0.1, 0.15) is 0 Å². The van der Waals surface area contributed by atoms with Crippen molar-refractivity contribution in [2.45, 2.75) is 18.8 Å². The second kappa shape index (κ2) is 4.21. The van der Waals surface area contributed by atoms with Crippen LogP contribution in [0.15, 0.2) is 18.2 Å². The largest absolute Gasteiger partial charge is 0.330 e. The molecule has 0 aromatic heterocycles. The highest BCUT2D eigenvalue weighted by Gasteiger charge is 2.25. The average Bonchev–Trinajstić information content (AvgIpc) is 2.20. The van der Waals surface area contributed by atoms with E-state index >= 15 is 0 Å². The van der Waals surface area contributed by atoms with Gasteiger partial charge in [-0.1, -0.05) is 23.7 Å². The molecule has 3 N–H and O–H groups in total. The van der Waals surface area contributed by atoms with Crippen molar-refractivity contribution in [2.75, 3.05) is 11.9 Å². The number of fused-ring (bicyclic) bond motifs is 1. The average molecular weight is 225 g/mol. The first kappa shape index (κ1) is 10.5. The van der Waals surface area contributed by atoms with E-state index in [0.29, 0.717) is 18.0 Å². The van der Waals surface area contributed by atoms with Crippen molar-refractivity contribution >= 4 is 23.2 Å². The molecule has 1 amide bonds. The molecule has 0 saturated heterocycles. The highest BCUT2D eigenvalue weighted by Crippen LogP contribution is 2.38. The lowest BCUT2D eigenvalue weighted by atomic mass is 9.88.